The molecule has 0 bridgehead atoms. The van der Waals surface area contributed by atoms with Crippen molar-refractivity contribution in [1.29, 1.82) is 0 Å². The van der Waals surface area contributed by atoms with Crippen LogP contribution in [0, 0.1) is 13.8 Å². The molecule has 6 heteroatoms. The molecule has 144 valence electrons. The molecule has 0 saturated carbocycles. The molecule has 6 nitrogen and oxygen atoms in total. The predicted octanol–water partition coefficient (Wildman–Crippen LogP) is 2.46. The SMILES string of the molecule is Cc1ccc(C)n1-c1ccc(C(=O)N2CCCOCCNC(=O)CC2)cc1. The van der Waals surface area contributed by atoms with Crippen molar-refractivity contribution in [1.82, 2.24) is 14.8 Å². The van der Waals surface area contributed by atoms with Crippen molar-refractivity contribution in [2.75, 3.05) is 32.8 Å². The first kappa shape index (κ1) is 19.2. The summed E-state index contributed by atoms with van der Waals surface area (Å²) in [6.07, 6.45) is 1.07. The summed E-state index contributed by atoms with van der Waals surface area (Å²) >= 11 is 0. The van der Waals surface area contributed by atoms with E-state index in [4.69, 9.17) is 4.74 Å². The second-order valence-electron chi connectivity index (χ2n) is 6.86. The zero-order chi connectivity index (χ0) is 19.2. The number of hydrogen-bond acceptors (Lipinski definition) is 3. The zero-order valence-electron chi connectivity index (χ0n) is 16.0. The van der Waals surface area contributed by atoms with E-state index in [1.807, 2.05) is 24.3 Å². The number of nitrogens with one attached hydrogen (secondary N) is 1. The molecule has 1 fully saturated rings. The topological polar surface area (TPSA) is 63.6 Å². The summed E-state index contributed by atoms with van der Waals surface area (Å²) in [5, 5.41) is 2.81. The van der Waals surface area contributed by atoms with E-state index in [1.165, 1.54) is 0 Å². The summed E-state index contributed by atoms with van der Waals surface area (Å²) in [7, 11) is 0. The molecule has 27 heavy (non-hydrogen) atoms. The second kappa shape index (κ2) is 8.86. The molecule has 1 aromatic heterocycles. The number of rotatable bonds is 2. The number of ether oxygens (including phenoxy) is 1. The molecule has 0 atom stereocenters. The number of hydrogen-bond donors (Lipinski definition) is 1. The first-order valence-corrected chi connectivity index (χ1v) is 9.45. The van der Waals surface area contributed by atoms with Gasteiger partial charge >= 0.3 is 0 Å². The van der Waals surface area contributed by atoms with Gasteiger partial charge in [-0.3, -0.25) is 9.59 Å². The molecule has 2 amide bonds. The lowest BCUT2D eigenvalue weighted by atomic mass is 10.1. The van der Waals surface area contributed by atoms with Gasteiger partial charge in [-0.25, -0.2) is 0 Å². The Bertz CT molecular complexity index is 776. The standard InChI is InChI=1S/C21H27N3O3/c1-16-4-5-17(2)24(16)19-8-6-18(7-9-19)21(26)23-12-3-14-27-15-11-22-20(25)10-13-23/h4-9H,3,10-15H2,1-2H3,(H,22,25). The van der Waals surface area contributed by atoms with Crippen molar-refractivity contribution in [3.8, 4) is 5.69 Å². The van der Waals surface area contributed by atoms with Gasteiger partial charge in [0.05, 0.1) is 6.61 Å². The lowest BCUT2D eigenvalue weighted by Gasteiger charge is -2.22. The summed E-state index contributed by atoms with van der Waals surface area (Å²) in [5.41, 5.74) is 3.99. The van der Waals surface area contributed by atoms with Gasteiger partial charge in [0.25, 0.3) is 5.91 Å². The van der Waals surface area contributed by atoms with Gasteiger partial charge in [-0.2, -0.15) is 0 Å². The van der Waals surface area contributed by atoms with Crippen LogP contribution in [0.3, 0.4) is 0 Å². The van der Waals surface area contributed by atoms with Gasteiger partial charge in [0.1, 0.15) is 0 Å². The Kier molecular flexibility index (Phi) is 6.29. The Labute approximate surface area is 160 Å². The molecule has 1 aliphatic heterocycles. The third-order valence-electron chi connectivity index (χ3n) is 4.82. The van der Waals surface area contributed by atoms with Crippen molar-refractivity contribution in [3.05, 3.63) is 53.3 Å². The minimum atomic E-state index is -0.0489. The summed E-state index contributed by atoms with van der Waals surface area (Å²) in [4.78, 5) is 26.5. The van der Waals surface area contributed by atoms with E-state index >= 15 is 0 Å². The van der Waals surface area contributed by atoms with Crippen LogP contribution in [0.1, 0.15) is 34.6 Å². The van der Waals surface area contributed by atoms with Gasteiger partial charge in [-0.05, 0) is 56.7 Å². The highest BCUT2D eigenvalue weighted by atomic mass is 16.5. The fourth-order valence-electron chi connectivity index (χ4n) is 3.37. The predicted molar refractivity (Wildman–Crippen MR) is 104 cm³/mol. The molecular weight excluding hydrogens is 342 g/mol. The van der Waals surface area contributed by atoms with E-state index in [0.29, 0.717) is 44.8 Å². The van der Waals surface area contributed by atoms with Crippen LogP contribution in [0.25, 0.3) is 5.69 Å². The van der Waals surface area contributed by atoms with Crippen LogP contribution in [0.4, 0.5) is 0 Å². The first-order valence-electron chi connectivity index (χ1n) is 9.45. The van der Waals surface area contributed by atoms with Crippen molar-refractivity contribution in [2.45, 2.75) is 26.7 Å². The average molecular weight is 369 g/mol. The lowest BCUT2D eigenvalue weighted by molar-refractivity contribution is -0.121. The Morgan fingerprint density at radius 1 is 1.00 bits per heavy atom. The second-order valence-corrected chi connectivity index (χ2v) is 6.86. The molecular formula is C21H27N3O3. The summed E-state index contributed by atoms with van der Waals surface area (Å²) in [6, 6.07) is 11.8. The molecule has 0 aliphatic carbocycles. The van der Waals surface area contributed by atoms with Gasteiger partial charge in [-0.15, -0.1) is 0 Å². The summed E-state index contributed by atoms with van der Waals surface area (Å²) < 4.78 is 7.63. The van der Waals surface area contributed by atoms with Crippen LogP contribution in [0.2, 0.25) is 0 Å². The van der Waals surface area contributed by atoms with E-state index in [0.717, 1.165) is 23.5 Å². The first-order chi connectivity index (χ1) is 13.1. The number of nitrogens with zero attached hydrogens (tertiary/aromatic N) is 2. The van der Waals surface area contributed by atoms with E-state index in [-0.39, 0.29) is 11.8 Å². The number of aryl methyl sites for hydroxylation is 2. The Hall–Kier alpha value is -2.60. The third-order valence-corrected chi connectivity index (χ3v) is 4.82. The highest BCUT2D eigenvalue weighted by Crippen LogP contribution is 2.18. The molecule has 0 spiro atoms. The number of carbonyl (C=O) groups excluding carboxylic acids is 2. The molecule has 1 aromatic carbocycles. The molecule has 1 N–H and O–H groups in total. The van der Waals surface area contributed by atoms with Crippen LogP contribution >= 0.6 is 0 Å². The van der Waals surface area contributed by atoms with E-state index in [9.17, 15) is 9.59 Å². The Morgan fingerprint density at radius 3 is 2.41 bits per heavy atom. The number of aromatic nitrogens is 1. The molecule has 1 aliphatic rings. The van der Waals surface area contributed by atoms with Gasteiger partial charge in [0, 0.05) is 55.3 Å². The van der Waals surface area contributed by atoms with Crippen LogP contribution < -0.4 is 5.32 Å². The number of amides is 2. The maximum absolute atomic E-state index is 12.9. The molecule has 2 aromatic rings. The fourth-order valence-corrected chi connectivity index (χ4v) is 3.37. The van der Waals surface area contributed by atoms with Gasteiger partial charge in [0.15, 0.2) is 0 Å². The van der Waals surface area contributed by atoms with E-state index in [2.05, 4.69) is 35.9 Å². The van der Waals surface area contributed by atoms with Crippen LogP contribution in [0.15, 0.2) is 36.4 Å². The normalized spacial score (nSPS) is 16.5. The van der Waals surface area contributed by atoms with Crippen LogP contribution in [-0.4, -0.2) is 54.1 Å². The molecule has 1 saturated heterocycles. The van der Waals surface area contributed by atoms with Gasteiger partial charge in [0.2, 0.25) is 5.91 Å². The van der Waals surface area contributed by atoms with Crippen molar-refractivity contribution >= 4 is 11.8 Å². The third kappa shape index (κ3) is 4.77. The monoisotopic (exact) mass is 369 g/mol. The van der Waals surface area contributed by atoms with E-state index in [1.54, 1.807) is 4.90 Å². The Balaban J connectivity index is 1.73. The maximum Gasteiger partial charge on any atom is 0.253 e. The van der Waals surface area contributed by atoms with Crippen LogP contribution in [0.5, 0.6) is 0 Å². The van der Waals surface area contributed by atoms with Gasteiger partial charge in [-0.1, -0.05) is 0 Å². The fraction of sp³-hybridized carbons (Fsp3) is 0.429. The highest BCUT2D eigenvalue weighted by molar-refractivity contribution is 5.94. The van der Waals surface area contributed by atoms with Gasteiger partial charge < -0.3 is 19.5 Å². The summed E-state index contributed by atoms with van der Waals surface area (Å²) in [5.74, 6) is -0.0956. The minimum Gasteiger partial charge on any atom is -0.380 e. The number of carbonyl (C=O) groups is 2. The summed E-state index contributed by atoms with van der Waals surface area (Å²) in [6.45, 7) is 6.75. The molecule has 0 radical (unpaired) electrons. The average Bonchev–Trinajstić information content (AvgIpc) is 2.98. The van der Waals surface area contributed by atoms with Crippen molar-refractivity contribution < 1.29 is 14.3 Å². The van der Waals surface area contributed by atoms with Crippen LogP contribution in [-0.2, 0) is 9.53 Å². The smallest absolute Gasteiger partial charge is 0.253 e. The van der Waals surface area contributed by atoms with Crippen molar-refractivity contribution in [2.24, 2.45) is 0 Å². The minimum absolute atomic E-state index is 0.0467. The molecule has 0 unspecified atom stereocenters. The highest BCUT2D eigenvalue weighted by Gasteiger charge is 2.18. The molecule has 3 rings (SSSR count). The largest absolute Gasteiger partial charge is 0.380 e. The maximum atomic E-state index is 12.9. The van der Waals surface area contributed by atoms with E-state index < -0.39 is 0 Å². The lowest BCUT2D eigenvalue weighted by Crippen LogP contribution is -2.36. The molecule has 2 heterocycles. The number of benzene rings is 1. The zero-order valence-corrected chi connectivity index (χ0v) is 16.0. The quantitative estimate of drug-likeness (QED) is 0.884. The van der Waals surface area contributed by atoms with Crippen molar-refractivity contribution in [3.63, 3.8) is 0 Å². The Morgan fingerprint density at radius 2 is 1.70 bits per heavy atom.